The van der Waals surface area contributed by atoms with Crippen molar-refractivity contribution in [3.63, 3.8) is 0 Å². The first-order valence-corrected chi connectivity index (χ1v) is 5.90. The molecule has 0 radical (unpaired) electrons. The molecule has 2 N–H and O–H groups in total. The van der Waals surface area contributed by atoms with Crippen molar-refractivity contribution >= 4 is 10.0 Å². The van der Waals surface area contributed by atoms with Gasteiger partial charge in [-0.25, -0.2) is 13.6 Å². The number of hydrogen-bond donors (Lipinski definition) is 1. The highest BCUT2D eigenvalue weighted by Gasteiger charge is 2.15. The van der Waals surface area contributed by atoms with E-state index in [0.717, 1.165) is 6.42 Å². The average Bonchev–Trinajstić information content (AvgIpc) is 1.97. The first kappa shape index (κ1) is 12.4. The Morgan fingerprint density at radius 3 is 2.31 bits per heavy atom. The van der Waals surface area contributed by atoms with Crippen LogP contribution in [0.4, 0.5) is 0 Å². The maximum absolute atomic E-state index is 10.5. The van der Waals surface area contributed by atoms with E-state index in [-0.39, 0.29) is 11.2 Å². The van der Waals surface area contributed by atoms with E-state index in [9.17, 15) is 8.42 Å². The zero-order valence-electron chi connectivity index (χ0n) is 8.08. The highest BCUT2D eigenvalue weighted by atomic mass is 32.2. The van der Waals surface area contributed by atoms with Gasteiger partial charge >= 0.3 is 0 Å². The topological polar surface area (TPSA) is 83.9 Å². The first-order chi connectivity index (χ1) is 5.77. The molecular weight excluding hydrogens is 188 g/mol. The van der Waals surface area contributed by atoms with Crippen LogP contribution in [0.2, 0.25) is 0 Å². The van der Waals surface area contributed by atoms with Gasteiger partial charge in [0.2, 0.25) is 10.0 Å². The fraction of sp³-hybridized carbons (Fsp3) is 0.875. The molecule has 0 aromatic heterocycles. The highest BCUT2D eigenvalue weighted by Crippen LogP contribution is 2.21. The zero-order valence-corrected chi connectivity index (χ0v) is 8.89. The van der Waals surface area contributed by atoms with Crippen LogP contribution in [0.3, 0.4) is 0 Å². The van der Waals surface area contributed by atoms with Crippen LogP contribution < -0.4 is 5.14 Å². The van der Waals surface area contributed by atoms with Gasteiger partial charge in [0.15, 0.2) is 0 Å². The molecule has 0 fully saturated rings. The number of rotatable bonds is 5. The Labute approximate surface area is 79.8 Å². The molecule has 0 spiro atoms. The van der Waals surface area contributed by atoms with Gasteiger partial charge in [-0.1, -0.05) is 6.42 Å². The van der Waals surface area contributed by atoms with Gasteiger partial charge in [-0.15, -0.1) is 0 Å². The highest BCUT2D eigenvalue weighted by molar-refractivity contribution is 7.89. The van der Waals surface area contributed by atoms with Crippen molar-refractivity contribution in [2.45, 2.75) is 33.1 Å². The van der Waals surface area contributed by atoms with E-state index in [1.54, 1.807) is 0 Å². The molecule has 0 saturated heterocycles. The van der Waals surface area contributed by atoms with Crippen molar-refractivity contribution in [3.8, 4) is 6.07 Å². The lowest BCUT2D eigenvalue weighted by Gasteiger charge is -2.13. The van der Waals surface area contributed by atoms with Crippen molar-refractivity contribution in [2.24, 2.45) is 10.6 Å². The SMILES string of the molecule is CC(C)(C#N)CCCCS(N)(=O)=O. The summed E-state index contributed by atoms with van der Waals surface area (Å²) >= 11 is 0. The average molecular weight is 204 g/mol. The summed E-state index contributed by atoms with van der Waals surface area (Å²) in [6, 6.07) is 2.16. The summed E-state index contributed by atoms with van der Waals surface area (Å²) in [5, 5.41) is 13.5. The van der Waals surface area contributed by atoms with Crippen LogP contribution in [0.1, 0.15) is 33.1 Å². The van der Waals surface area contributed by atoms with E-state index in [1.165, 1.54) is 0 Å². The Morgan fingerprint density at radius 2 is 1.92 bits per heavy atom. The van der Waals surface area contributed by atoms with Crippen LogP contribution in [0, 0.1) is 16.7 Å². The third kappa shape index (κ3) is 7.75. The summed E-state index contributed by atoms with van der Waals surface area (Å²) in [4.78, 5) is 0. The molecule has 0 bridgehead atoms. The van der Waals surface area contributed by atoms with E-state index in [2.05, 4.69) is 6.07 Å². The van der Waals surface area contributed by atoms with Crippen LogP contribution in [-0.2, 0) is 10.0 Å². The van der Waals surface area contributed by atoms with Gasteiger partial charge in [-0.2, -0.15) is 5.26 Å². The van der Waals surface area contributed by atoms with Crippen molar-refractivity contribution in [3.05, 3.63) is 0 Å². The van der Waals surface area contributed by atoms with Gasteiger partial charge in [-0.3, -0.25) is 0 Å². The molecule has 0 amide bonds. The van der Waals surface area contributed by atoms with Gasteiger partial charge in [0.05, 0.1) is 17.2 Å². The number of nitrogens with zero attached hydrogens (tertiary/aromatic N) is 1. The molecule has 5 heteroatoms. The zero-order chi connectivity index (χ0) is 10.5. The lowest BCUT2D eigenvalue weighted by Crippen LogP contribution is -2.17. The molecule has 0 aliphatic heterocycles. The largest absolute Gasteiger partial charge is 0.229 e. The number of sulfonamides is 1. The number of nitrogens with two attached hydrogens (primary N) is 1. The van der Waals surface area contributed by atoms with Gasteiger partial charge < -0.3 is 0 Å². The second-order valence-corrected chi connectivity index (χ2v) is 5.55. The van der Waals surface area contributed by atoms with E-state index in [1.807, 2.05) is 13.8 Å². The van der Waals surface area contributed by atoms with Crippen molar-refractivity contribution < 1.29 is 8.42 Å². The second kappa shape index (κ2) is 4.58. The third-order valence-corrected chi connectivity index (χ3v) is 2.64. The molecule has 0 atom stereocenters. The first-order valence-electron chi connectivity index (χ1n) is 4.18. The molecule has 0 aromatic carbocycles. The number of hydrogen-bond acceptors (Lipinski definition) is 3. The molecule has 0 aromatic rings. The van der Waals surface area contributed by atoms with Gasteiger partial charge in [0.1, 0.15) is 0 Å². The lowest BCUT2D eigenvalue weighted by atomic mass is 9.89. The molecule has 0 rings (SSSR count). The van der Waals surface area contributed by atoms with E-state index in [4.69, 9.17) is 10.4 Å². The van der Waals surface area contributed by atoms with Crippen LogP contribution >= 0.6 is 0 Å². The third-order valence-electron chi connectivity index (χ3n) is 1.78. The minimum atomic E-state index is -3.33. The van der Waals surface area contributed by atoms with E-state index in [0.29, 0.717) is 12.8 Å². The standard InChI is InChI=1S/C8H16N2O2S/c1-8(2,7-9)5-3-4-6-13(10,11)12/h3-6H2,1-2H3,(H2,10,11,12). The Morgan fingerprint density at radius 1 is 1.38 bits per heavy atom. The number of primary sulfonamides is 1. The molecule has 0 saturated carbocycles. The fourth-order valence-corrected chi connectivity index (χ4v) is 1.53. The van der Waals surface area contributed by atoms with Crippen molar-refractivity contribution in [1.29, 1.82) is 5.26 Å². The quantitative estimate of drug-likeness (QED) is 0.678. The molecule has 0 aliphatic carbocycles. The van der Waals surface area contributed by atoms with Gasteiger partial charge in [0.25, 0.3) is 0 Å². The molecule has 0 unspecified atom stereocenters. The van der Waals surface area contributed by atoms with Crippen molar-refractivity contribution in [2.75, 3.05) is 5.75 Å². The van der Waals surface area contributed by atoms with Gasteiger partial charge in [-0.05, 0) is 26.7 Å². The summed E-state index contributed by atoms with van der Waals surface area (Å²) in [5.41, 5.74) is -0.363. The molecular formula is C8H16N2O2S. The fourth-order valence-electron chi connectivity index (χ4n) is 0.926. The summed E-state index contributed by atoms with van der Waals surface area (Å²) < 4.78 is 21.1. The van der Waals surface area contributed by atoms with E-state index < -0.39 is 10.0 Å². The monoisotopic (exact) mass is 204 g/mol. The maximum atomic E-state index is 10.5. The molecule has 76 valence electrons. The second-order valence-electron chi connectivity index (χ2n) is 3.82. The van der Waals surface area contributed by atoms with Gasteiger partial charge in [0, 0.05) is 0 Å². The van der Waals surface area contributed by atoms with Crippen LogP contribution in [0.5, 0.6) is 0 Å². The lowest BCUT2D eigenvalue weighted by molar-refractivity contribution is 0.431. The number of nitriles is 1. The summed E-state index contributed by atoms with van der Waals surface area (Å²) in [7, 11) is -3.33. The summed E-state index contributed by atoms with van der Waals surface area (Å²) in [6.45, 7) is 3.67. The Balaban J connectivity index is 3.66. The smallest absolute Gasteiger partial charge is 0.209 e. The van der Waals surface area contributed by atoms with Crippen LogP contribution in [0.15, 0.2) is 0 Å². The van der Waals surface area contributed by atoms with Crippen LogP contribution in [0.25, 0.3) is 0 Å². The predicted molar refractivity (Wildman–Crippen MR) is 51.2 cm³/mol. The van der Waals surface area contributed by atoms with Crippen LogP contribution in [-0.4, -0.2) is 14.2 Å². The normalized spacial score (nSPS) is 12.5. The minimum absolute atomic E-state index is 0.00844. The Bertz CT molecular complexity index is 288. The predicted octanol–water partition coefficient (Wildman–Crippen LogP) is 0.995. The molecule has 13 heavy (non-hydrogen) atoms. The van der Waals surface area contributed by atoms with E-state index >= 15 is 0 Å². The summed E-state index contributed by atoms with van der Waals surface area (Å²) in [6.07, 6.45) is 1.96. The Hall–Kier alpha value is -0.600. The molecule has 0 aliphatic rings. The maximum Gasteiger partial charge on any atom is 0.209 e. The van der Waals surface area contributed by atoms with Crippen molar-refractivity contribution in [1.82, 2.24) is 0 Å². The summed E-state index contributed by atoms with van der Waals surface area (Å²) in [5.74, 6) is 0.00844. The molecule has 4 nitrogen and oxygen atoms in total. The Kier molecular flexibility index (Phi) is 4.37. The minimum Gasteiger partial charge on any atom is -0.229 e. The number of unbranched alkanes of at least 4 members (excludes halogenated alkanes) is 1. The molecule has 0 heterocycles.